The number of fused-ring (bicyclic) bond motifs is 1. The van der Waals surface area contributed by atoms with Crippen molar-refractivity contribution in [2.75, 3.05) is 19.8 Å². The van der Waals surface area contributed by atoms with Crippen LogP contribution < -0.4 is 20.1 Å². The Morgan fingerprint density at radius 1 is 0.837 bits per heavy atom. The third-order valence-electron chi connectivity index (χ3n) is 9.82. The summed E-state index contributed by atoms with van der Waals surface area (Å²) in [6.45, 7) is 1.38. The molecule has 2 amide bonds. The maximum atomic E-state index is 14.0. The van der Waals surface area contributed by atoms with Crippen LogP contribution in [-0.4, -0.2) is 55.0 Å². The molecule has 0 unspecified atom stereocenters. The zero-order chi connectivity index (χ0) is 30.2. The van der Waals surface area contributed by atoms with E-state index in [0.29, 0.717) is 55.6 Å². The zero-order valence-electron chi connectivity index (χ0n) is 25.2. The van der Waals surface area contributed by atoms with Crippen molar-refractivity contribution < 1.29 is 33.4 Å². The van der Waals surface area contributed by atoms with Crippen LogP contribution in [0.3, 0.4) is 0 Å². The van der Waals surface area contributed by atoms with Crippen LogP contribution in [0.5, 0.6) is 11.5 Å². The second-order valence-electron chi connectivity index (χ2n) is 13.0. The number of ketones is 3. The molecule has 234 valence electrons. The van der Waals surface area contributed by atoms with E-state index in [1.54, 1.807) is 18.2 Å². The van der Waals surface area contributed by atoms with Crippen LogP contribution >= 0.6 is 0 Å². The van der Waals surface area contributed by atoms with Gasteiger partial charge in [-0.25, -0.2) is 0 Å². The molecular weight excluding hydrogens is 548 g/mol. The summed E-state index contributed by atoms with van der Waals surface area (Å²) in [6.07, 6.45) is 11.9. The summed E-state index contributed by atoms with van der Waals surface area (Å²) in [5, 5.41) is 5.78. The molecule has 2 saturated carbocycles. The standard InChI is InChI=1S/C34H46N2O7/c37-28(20-26(19-25-13-14-35-33(25)40)32(39)29(38)18-23-9-5-2-6-10-23)27(17-22-7-3-1-4-8-22)36-34(41)24-11-12-30-31(21-24)43-16-15-42-30/h11-12,21-23,25-27H,1-10,13-20H2,(H,35,40)(H,36,41)/t25-,26+,27+/m1/s1. The molecule has 1 aromatic carbocycles. The van der Waals surface area contributed by atoms with E-state index in [0.717, 1.165) is 57.8 Å². The summed E-state index contributed by atoms with van der Waals surface area (Å²) in [5.41, 5.74) is 0.364. The molecule has 9 heteroatoms. The van der Waals surface area contributed by atoms with Crippen LogP contribution in [0.1, 0.15) is 107 Å². The fraction of sp³-hybridized carbons (Fsp3) is 0.676. The number of nitrogens with one attached hydrogen (secondary N) is 2. The second kappa shape index (κ2) is 15.0. The smallest absolute Gasteiger partial charge is 0.252 e. The number of carbonyl (C=O) groups is 5. The molecule has 2 heterocycles. The van der Waals surface area contributed by atoms with Crippen LogP contribution in [0.4, 0.5) is 0 Å². The molecule has 3 atom stereocenters. The molecule has 2 aliphatic heterocycles. The molecule has 5 rings (SSSR count). The first-order chi connectivity index (χ1) is 20.9. The van der Waals surface area contributed by atoms with Crippen LogP contribution in [0, 0.1) is 23.7 Å². The molecule has 2 aliphatic carbocycles. The number of rotatable bonds is 13. The van der Waals surface area contributed by atoms with Gasteiger partial charge in [0.1, 0.15) is 13.2 Å². The number of carbonyl (C=O) groups excluding carboxylic acids is 5. The number of hydrogen-bond acceptors (Lipinski definition) is 7. The largest absolute Gasteiger partial charge is 0.486 e. The summed E-state index contributed by atoms with van der Waals surface area (Å²) in [7, 11) is 0. The number of amides is 2. The Bertz CT molecular complexity index is 1190. The first-order valence-corrected chi connectivity index (χ1v) is 16.5. The van der Waals surface area contributed by atoms with Gasteiger partial charge in [0, 0.05) is 36.8 Å². The maximum absolute atomic E-state index is 14.0. The first-order valence-electron chi connectivity index (χ1n) is 16.5. The van der Waals surface area contributed by atoms with Gasteiger partial charge in [0.05, 0.1) is 6.04 Å². The summed E-state index contributed by atoms with van der Waals surface area (Å²) < 4.78 is 11.2. The Hall–Kier alpha value is -3.23. The lowest BCUT2D eigenvalue weighted by molar-refractivity contribution is -0.141. The molecular formula is C34H46N2O7. The monoisotopic (exact) mass is 594 g/mol. The second-order valence-corrected chi connectivity index (χ2v) is 13.0. The van der Waals surface area contributed by atoms with Gasteiger partial charge in [0.25, 0.3) is 5.91 Å². The molecule has 1 aromatic rings. The van der Waals surface area contributed by atoms with Crippen molar-refractivity contribution in [3.63, 3.8) is 0 Å². The van der Waals surface area contributed by atoms with Gasteiger partial charge in [-0.3, -0.25) is 24.0 Å². The highest BCUT2D eigenvalue weighted by molar-refractivity contribution is 6.38. The quantitative estimate of drug-likeness (QED) is 0.316. The average molecular weight is 595 g/mol. The van der Waals surface area contributed by atoms with E-state index in [1.165, 1.54) is 6.42 Å². The van der Waals surface area contributed by atoms with Crippen LogP contribution in [-0.2, 0) is 19.2 Å². The van der Waals surface area contributed by atoms with E-state index < -0.39 is 35.4 Å². The van der Waals surface area contributed by atoms with Crippen molar-refractivity contribution in [1.29, 1.82) is 0 Å². The Morgan fingerprint density at radius 2 is 1.51 bits per heavy atom. The molecule has 0 radical (unpaired) electrons. The zero-order valence-corrected chi connectivity index (χ0v) is 25.2. The van der Waals surface area contributed by atoms with Crippen molar-refractivity contribution >= 4 is 29.2 Å². The molecule has 9 nitrogen and oxygen atoms in total. The van der Waals surface area contributed by atoms with E-state index in [1.807, 2.05) is 0 Å². The van der Waals surface area contributed by atoms with E-state index >= 15 is 0 Å². The fourth-order valence-electron chi connectivity index (χ4n) is 7.32. The Morgan fingerprint density at radius 3 is 2.19 bits per heavy atom. The fourth-order valence-corrected chi connectivity index (χ4v) is 7.32. The van der Waals surface area contributed by atoms with Crippen molar-refractivity contribution in [2.45, 2.75) is 102 Å². The van der Waals surface area contributed by atoms with Crippen molar-refractivity contribution in [1.82, 2.24) is 10.6 Å². The topological polar surface area (TPSA) is 128 Å². The van der Waals surface area contributed by atoms with Crippen molar-refractivity contribution in [3.05, 3.63) is 23.8 Å². The minimum atomic E-state index is -0.863. The predicted octanol–water partition coefficient (Wildman–Crippen LogP) is 4.74. The van der Waals surface area contributed by atoms with E-state index in [-0.39, 0.29) is 36.9 Å². The lowest BCUT2D eigenvalue weighted by Crippen LogP contribution is -2.44. The van der Waals surface area contributed by atoms with Crippen molar-refractivity contribution in [3.8, 4) is 11.5 Å². The first kappa shape index (κ1) is 31.2. The number of ether oxygens (including phenoxy) is 2. The molecule has 0 aromatic heterocycles. The van der Waals surface area contributed by atoms with Gasteiger partial charge in [0.15, 0.2) is 23.1 Å². The molecule has 0 spiro atoms. The molecule has 43 heavy (non-hydrogen) atoms. The lowest BCUT2D eigenvalue weighted by Gasteiger charge is -2.28. The summed E-state index contributed by atoms with van der Waals surface area (Å²) in [5.74, 6) is -1.41. The van der Waals surface area contributed by atoms with Crippen LogP contribution in [0.25, 0.3) is 0 Å². The lowest BCUT2D eigenvalue weighted by atomic mass is 9.79. The Kier molecular flexibility index (Phi) is 10.9. The minimum Gasteiger partial charge on any atom is -0.486 e. The Labute approximate surface area is 254 Å². The molecule has 2 N–H and O–H groups in total. The van der Waals surface area contributed by atoms with Gasteiger partial charge in [0.2, 0.25) is 11.7 Å². The molecule has 1 saturated heterocycles. The highest BCUT2D eigenvalue weighted by atomic mass is 16.6. The third-order valence-corrected chi connectivity index (χ3v) is 9.82. The van der Waals surface area contributed by atoms with Crippen LogP contribution in [0.15, 0.2) is 18.2 Å². The van der Waals surface area contributed by atoms with Gasteiger partial charge in [-0.05, 0) is 49.3 Å². The van der Waals surface area contributed by atoms with E-state index in [9.17, 15) is 24.0 Å². The normalized spacial score (nSPS) is 22.3. The summed E-state index contributed by atoms with van der Waals surface area (Å²) >= 11 is 0. The summed E-state index contributed by atoms with van der Waals surface area (Å²) in [4.78, 5) is 66.6. The highest BCUT2D eigenvalue weighted by Gasteiger charge is 2.37. The Balaban J connectivity index is 1.31. The van der Waals surface area contributed by atoms with Gasteiger partial charge in [-0.2, -0.15) is 0 Å². The SMILES string of the molecule is O=C(CC1CCCCC1)C(=O)[C@H](CC(=O)[C@H](CC1CCCCC1)NC(=O)c1ccc2c(c1)OCCO2)C[C@H]1CCNC1=O. The molecule has 4 aliphatic rings. The third kappa shape index (κ3) is 8.45. The van der Waals surface area contributed by atoms with Crippen molar-refractivity contribution in [2.24, 2.45) is 23.7 Å². The highest BCUT2D eigenvalue weighted by Crippen LogP contribution is 2.33. The predicted molar refractivity (Wildman–Crippen MR) is 160 cm³/mol. The maximum Gasteiger partial charge on any atom is 0.252 e. The number of benzene rings is 1. The van der Waals surface area contributed by atoms with E-state index in [2.05, 4.69) is 10.6 Å². The average Bonchev–Trinajstić information content (AvgIpc) is 3.44. The molecule has 3 fully saturated rings. The number of hydrogen-bond donors (Lipinski definition) is 2. The summed E-state index contributed by atoms with van der Waals surface area (Å²) in [6, 6.07) is 4.19. The number of Topliss-reactive ketones (excluding diaryl/α,β-unsaturated/α-hetero) is 3. The van der Waals surface area contributed by atoms with Gasteiger partial charge >= 0.3 is 0 Å². The van der Waals surface area contributed by atoms with E-state index in [4.69, 9.17) is 9.47 Å². The van der Waals surface area contributed by atoms with Gasteiger partial charge < -0.3 is 20.1 Å². The van der Waals surface area contributed by atoms with Gasteiger partial charge in [-0.1, -0.05) is 64.2 Å². The van der Waals surface area contributed by atoms with Gasteiger partial charge in [-0.15, -0.1) is 0 Å². The van der Waals surface area contributed by atoms with Crippen LogP contribution in [0.2, 0.25) is 0 Å². The minimum absolute atomic E-state index is 0.129. The molecule has 0 bridgehead atoms.